The maximum absolute atomic E-state index is 13.1. The van der Waals surface area contributed by atoms with Gasteiger partial charge in [-0.3, -0.25) is 9.59 Å². The van der Waals surface area contributed by atoms with Gasteiger partial charge in [0.15, 0.2) is 0 Å². The van der Waals surface area contributed by atoms with Gasteiger partial charge in [0.1, 0.15) is 5.82 Å². The molecule has 1 aliphatic heterocycles. The molecule has 114 valence electrons. The molecule has 6 heteroatoms. The van der Waals surface area contributed by atoms with Crippen molar-refractivity contribution in [3.63, 3.8) is 0 Å². The molecule has 1 N–H and O–H groups in total. The molecule has 2 heterocycles. The number of thiophene rings is 1. The Morgan fingerprint density at radius 3 is 2.68 bits per heavy atom. The molecule has 0 unspecified atom stereocenters. The Labute approximate surface area is 131 Å². The summed E-state index contributed by atoms with van der Waals surface area (Å²) in [5.41, 5.74) is 1.40. The lowest BCUT2D eigenvalue weighted by Gasteiger charge is -2.26. The molecule has 2 amide bonds. The number of carbonyl (C=O) groups excluding carboxylic acids is 2. The average molecular weight is 318 g/mol. The monoisotopic (exact) mass is 318 g/mol. The van der Waals surface area contributed by atoms with E-state index in [9.17, 15) is 14.0 Å². The minimum atomic E-state index is -0.324. The van der Waals surface area contributed by atoms with Crippen molar-refractivity contribution in [2.24, 2.45) is 0 Å². The smallest absolute Gasteiger partial charge is 0.252 e. The fourth-order valence-corrected chi connectivity index (χ4v) is 3.40. The lowest BCUT2D eigenvalue weighted by Crippen LogP contribution is -2.38. The number of carbonyl (C=O) groups is 2. The zero-order chi connectivity index (χ0) is 15.7. The molecular formula is C16H15FN2O2S. The van der Waals surface area contributed by atoms with Gasteiger partial charge >= 0.3 is 0 Å². The summed E-state index contributed by atoms with van der Waals surface area (Å²) in [4.78, 5) is 25.8. The van der Waals surface area contributed by atoms with Crippen LogP contribution >= 0.6 is 11.3 Å². The molecule has 1 aromatic carbocycles. The van der Waals surface area contributed by atoms with Crippen LogP contribution < -0.4 is 5.32 Å². The summed E-state index contributed by atoms with van der Waals surface area (Å²) in [5.74, 6) is -0.555. The van der Waals surface area contributed by atoms with Crippen molar-refractivity contribution >= 4 is 23.2 Å². The van der Waals surface area contributed by atoms with Crippen molar-refractivity contribution in [3.8, 4) is 0 Å². The first-order chi connectivity index (χ1) is 10.6. The Kier molecular flexibility index (Phi) is 3.94. The molecule has 2 atom stereocenters. The van der Waals surface area contributed by atoms with Crippen LogP contribution in [0.5, 0.6) is 0 Å². The highest BCUT2D eigenvalue weighted by atomic mass is 32.1. The molecule has 1 aliphatic rings. The minimum Gasteiger partial charge on any atom is -0.346 e. The van der Waals surface area contributed by atoms with E-state index in [-0.39, 0.29) is 36.1 Å². The topological polar surface area (TPSA) is 49.4 Å². The highest BCUT2D eigenvalue weighted by Gasteiger charge is 2.39. The highest BCUT2D eigenvalue weighted by molar-refractivity contribution is 7.08. The Hall–Kier alpha value is -2.21. The van der Waals surface area contributed by atoms with Crippen LogP contribution in [0.15, 0.2) is 41.1 Å². The van der Waals surface area contributed by atoms with Gasteiger partial charge in [-0.25, -0.2) is 4.39 Å². The summed E-state index contributed by atoms with van der Waals surface area (Å²) < 4.78 is 13.1. The quantitative estimate of drug-likeness (QED) is 0.945. The second-order valence-corrected chi connectivity index (χ2v) is 6.08. The van der Waals surface area contributed by atoms with Crippen molar-refractivity contribution in [2.45, 2.75) is 18.5 Å². The average Bonchev–Trinajstić information content (AvgIpc) is 3.11. The van der Waals surface area contributed by atoms with Crippen LogP contribution in [0.4, 0.5) is 4.39 Å². The maximum atomic E-state index is 13.1. The summed E-state index contributed by atoms with van der Waals surface area (Å²) >= 11 is 1.45. The maximum Gasteiger partial charge on any atom is 0.252 e. The van der Waals surface area contributed by atoms with Gasteiger partial charge in [-0.2, -0.15) is 11.3 Å². The van der Waals surface area contributed by atoms with Gasteiger partial charge in [0.05, 0.1) is 12.1 Å². The fourth-order valence-electron chi connectivity index (χ4n) is 2.76. The summed E-state index contributed by atoms with van der Waals surface area (Å²) in [6.07, 6.45) is 0.244. The van der Waals surface area contributed by atoms with E-state index >= 15 is 0 Å². The summed E-state index contributed by atoms with van der Waals surface area (Å²) in [6, 6.07) is 7.17. The Bertz CT molecular complexity index is 685. The third-order valence-corrected chi connectivity index (χ3v) is 4.58. The van der Waals surface area contributed by atoms with Gasteiger partial charge in [-0.05, 0) is 29.1 Å². The molecule has 1 saturated heterocycles. The molecule has 0 radical (unpaired) electrons. The third kappa shape index (κ3) is 2.74. The second kappa shape index (κ2) is 5.88. The summed E-state index contributed by atoms with van der Waals surface area (Å²) in [6.45, 7) is 0. The Balaban J connectivity index is 1.83. The number of hydrogen-bond donors (Lipinski definition) is 1. The van der Waals surface area contributed by atoms with Crippen LogP contribution in [0.25, 0.3) is 0 Å². The number of nitrogens with zero attached hydrogens (tertiary/aromatic N) is 1. The number of benzene rings is 1. The number of likely N-dealkylation sites (N-methyl/N-ethyl adjacent to an activating group) is 1. The normalized spacial score (nSPS) is 21.2. The van der Waals surface area contributed by atoms with Gasteiger partial charge in [0.25, 0.3) is 5.91 Å². The first-order valence-electron chi connectivity index (χ1n) is 6.90. The van der Waals surface area contributed by atoms with E-state index in [1.165, 1.54) is 23.5 Å². The van der Waals surface area contributed by atoms with Crippen molar-refractivity contribution < 1.29 is 14.0 Å². The van der Waals surface area contributed by atoms with Crippen molar-refractivity contribution in [1.82, 2.24) is 10.2 Å². The lowest BCUT2D eigenvalue weighted by atomic mass is 10.00. The largest absolute Gasteiger partial charge is 0.346 e. The van der Waals surface area contributed by atoms with Gasteiger partial charge in [0, 0.05) is 24.4 Å². The first-order valence-corrected chi connectivity index (χ1v) is 7.84. The van der Waals surface area contributed by atoms with Crippen molar-refractivity contribution in [2.75, 3.05) is 7.05 Å². The lowest BCUT2D eigenvalue weighted by molar-refractivity contribution is -0.127. The SMILES string of the molecule is CN1C(=O)C[C@@H](NC(=O)c2ccsc2)[C@H]1c1ccc(F)cc1. The van der Waals surface area contributed by atoms with Crippen LogP contribution in [-0.2, 0) is 4.79 Å². The van der Waals surface area contributed by atoms with Crippen LogP contribution in [0.3, 0.4) is 0 Å². The summed E-state index contributed by atoms with van der Waals surface area (Å²) in [7, 11) is 1.70. The predicted octanol–water partition coefficient (Wildman–Crippen LogP) is 2.59. The van der Waals surface area contributed by atoms with Crippen LogP contribution in [0.1, 0.15) is 28.4 Å². The van der Waals surface area contributed by atoms with Gasteiger partial charge < -0.3 is 10.2 Å². The van der Waals surface area contributed by atoms with E-state index in [0.717, 1.165) is 5.56 Å². The zero-order valence-corrected chi connectivity index (χ0v) is 12.8. The molecule has 0 saturated carbocycles. The van der Waals surface area contributed by atoms with E-state index in [4.69, 9.17) is 0 Å². The van der Waals surface area contributed by atoms with Crippen molar-refractivity contribution in [3.05, 3.63) is 58.0 Å². The van der Waals surface area contributed by atoms with Gasteiger partial charge in [-0.1, -0.05) is 12.1 Å². The first kappa shape index (κ1) is 14.7. The van der Waals surface area contributed by atoms with E-state index in [0.29, 0.717) is 5.56 Å². The fraction of sp³-hybridized carbons (Fsp3) is 0.250. The molecule has 2 aromatic rings. The molecule has 0 spiro atoms. The number of rotatable bonds is 3. The molecule has 1 aromatic heterocycles. The highest BCUT2D eigenvalue weighted by Crippen LogP contribution is 2.32. The third-order valence-electron chi connectivity index (χ3n) is 3.90. The number of amides is 2. The molecule has 4 nitrogen and oxygen atoms in total. The minimum absolute atomic E-state index is 0.0371. The Morgan fingerprint density at radius 2 is 2.05 bits per heavy atom. The van der Waals surface area contributed by atoms with Crippen molar-refractivity contribution in [1.29, 1.82) is 0 Å². The van der Waals surface area contributed by atoms with E-state index in [1.54, 1.807) is 35.5 Å². The molecule has 22 heavy (non-hydrogen) atoms. The van der Waals surface area contributed by atoms with E-state index in [1.807, 2.05) is 5.38 Å². The number of nitrogens with one attached hydrogen (secondary N) is 1. The Morgan fingerprint density at radius 1 is 1.32 bits per heavy atom. The van der Waals surface area contributed by atoms with Gasteiger partial charge in [-0.15, -0.1) is 0 Å². The molecule has 0 aliphatic carbocycles. The van der Waals surface area contributed by atoms with Crippen LogP contribution in [0, 0.1) is 5.82 Å². The number of halogens is 1. The zero-order valence-electron chi connectivity index (χ0n) is 12.0. The van der Waals surface area contributed by atoms with Crippen LogP contribution in [-0.4, -0.2) is 29.8 Å². The van der Waals surface area contributed by atoms with E-state index < -0.39 is 0 Å². The number of hydrogen-bond acceptors (Lipinski definition) is 3. The second-order valence-electron chi connectivity index (χ2n) is 5.30. The van der Waals surface area contributed by atoms with E-state index in [2.05, 4.69) is 5.32 Å². The van der Waals surface area contributed by atoms with Gasteiger partial charge in [0.2, 0.25) is 5.91 Å². The molecule has 3 rings (SSSR count). The number of likely N-dealkylation sites (tertiary alicyclic amines) is 1. The molecule has 0 bridgehead atoms. The standard InChI is InChI=1S/C16H15FN2O2S/c1-19-14(20)8-13(18-16(21)11-6-7-22-9-11)15(19)10-2-4-12(17)5-3-10/h2-7,9,13,15H,8H2,1H3,(H,18,21)/t13-,15-/m1/s1. The molecule has 1 fully saturated rings. The molecular weight excluding hydrogens is 303 g/mol. The van der Waals surface area contributed by atoms with Crippen LogP contribution in [0.2, 0.25) is 0 Å². The summed E-state index contributed by atoms with van der Waals surface area (Å²) in [5, 5.41) is 6.51. The predicted molar refractivity (Wildman–Crippen MR) is 82.1 cm³/mol.